The van der Waals surface area contributed by atoms with Gasteiger partial charge in [-0.25, -0.2) is 18.1 Å². The van der Waals surface area contributed by atoms with E-state index in [-0.39, 0.29) is 5.75 Å². The molecule has 2 aromatic rings. The highest BCUT2D eigenvalue weighted by Crippen LogP contribution is 2.19. The first-order valence-electron chi connectivity index (χ1n) is 7.66. The van der Waals surface area contributed by atoms with Crippen molar-refractivity contribution in [3.63, 3.8) is 0 Å². The average molecular weight is 335 g/mol. The standard InChI is InChI=1S/C16H21N3O3S/c1-22-15-4-2-3-14(9-15)12-23(20,21)18-11-13-5-7-19-8-6-17-16(19)10-13/h2-4,6,8-9,13,18H,5,7,10-12H2,1H3. The Labute approximate surface area is 136 Å². The fourth-order valence-electron chi connectivity index (χ4n) is 2.87. The summed E-state index contributed by atoms with van der Waals surface area (Å²) in [5, 5.41) is 0. The third-order valence-electron chi connectivity index (χ3n) is 4.13. The molecule has 1 aliphatic rings. The minimum atomic E-state index is -3.36. The topological polar surface area (TPSA) is 73.2 Å². The van der Waals surface area contributed by atoms with Crippen molar-refractivity contribution in [2.45, 2.75) is 25.1 Å². The van der Waals surface area contributed by atoms with Gasteiger partial charge in [-0.15, -0.1) is 0 Å². The van der Waals surface area contributed by atoms with E-state index >= 15 is 0 Å². The van der Waals surface area contributed by atoms with Gasteiger partial charge in [0.2, 0.25) is 10.0 Å². The molecular formula is C16H21N3O3S. The third-order valence-corrected chi connectivity index (χ3v) is 5.45. The number of fused-ring (bicyclic) bond motifs is 1. The molecule has 6 nitrogen and oxygen atoms in total. The van der Waals surface area contributed by atoms with Crippen LogP contribution in [0.5, 0.6) is 5.75 Å². The fraction of sp³-hybridized carbons (Fsp3) is 0.438. The summed E-state index contributed by atoms with van der Waals surface area (Å²) in [7, 11) is -1.79. The summed E-state index contributed by atoms with van der Waals surface area (Å²) >= 11 is 0. The molecule has 0 bridgehead atoms. The molecule has 1 unspecified atom stereocenters. The maximum absolute atomic E-state index is 12.3. The second-order valence-electron chi connectivity index (χ2n) is 5.85. The molecule has 1 N–H and O–H groups in total. The quantitative estimate of drug-likeness (QED) is 0.870. The van der Waals surface area contributed by atoms with E-state index in [1.165, 1.54) is 0 Å². The molecule has 0 aliphatic carbocycles. The number of nitrogens with zero attached hydrogens (tertiary/aromatic N) is 2. The fourth-order valence-corrected chi connectivity index (χ4v) is 4.08. The van der Waals surface area contributed by atoms with Crippen molar-refractivity contribution in [3.8, 4) is 5.75 Å². The summed E-state index contributed by atoms with van der Waals surface area (Å²) in [6.07, 6.45) is 5.54. The number of aromatic nitrogens is 2. The molecule has 1 aromatic heterocycles. The second-order valence-corrected chi connectivity index (χ2v) is 7.66. The van der Waals surface area contributed by atoms with Crippen LogP contribution in [0, 0.1) is 5.92 Å². The van der Waals surface area contributed by atoms with Gasteiger partial charge in [0.1, 0.15) is 11.6 Å². The van der Waals surface area contributed by atoms with Crippen molar-refractivity contribution >= 4 is 10.0 Å². The van der Waals surface area contributed by atoms with E-state index < -0.39 is 10.0 Å². The highest BCUT2D eigenvalue weighted by molar-refractivity contribution is 7.88. The monoisotopic (exact) mass is 335 g/mol. The van der Waals surface area contributed by atoms with Gasteiger partial charge in [-0.1, -0.05) is 12.1 Å². The van der Waals surface area contributed by atoms with Gasteiger partial charge in [-0.2, -0.15) is 0 Å². The molecule has 0 fully saturated rings. The molecule has 2 heterocycles. The number of rotatable bonds is 6. The molecule has 0 saturated heterocycles. The van der Waals surface area contributed by atoms with Crippen molar-refractivity contribution in [2.75, 3.05) is 13.7 Å². The summed E-state index contributed by atoms with van der Waals surface area (Å²) < 4.78 is 34.5. The first kappa shape index (κ1) is 16.0. The van der Waals surface area contributed by atoms with Crippen LogP contribution in [-0.2, 0) is 28.7 Å². The molecule has 0 saturated carbocycles. The van der Waals surface area contributed by atoms with Crippen molar-refractivity contribution in [3.05, 3.63) is 48.0 Å². The van der Waals surface area contributed by atoms with Crippen LogP contribution in [-0.4, -0.2) is 31.6 Å². The lowest BCUT2D eigenvalue weighted by molar-refractivity contribution is 0.379. The molecule has 3 rings (SSSR count). The molecule has 1 aromatic carbocycles. The van der Waals surface area contributed by atoms with Crippen molar-refractivity contribution in [1.82, 2.24) is 14.3 Å². The lowest BCUT2D eigenvalue weighted by Crippen LogP contribution is -2.33. The van der Waals surface area contributed by atoms with Gasteiger partial charge in [0.05, 0.1) is 12.9 Å². The van der Waals surface area contributed by atoms with E-state index in [9.17, 15) is 8.42 Å². The number of sulfonamides is 1. The van der Waals surface area contributed by atoms with Crippen molar-refractivity contribution < 1.29 is 13.2 Å². The molecule has 1 aliphatic heterocycles. The Morgan fingerprint density at radius 2 is 2.30 bits per heavy atom. The van der Waals surface area contributed by atoms with E-state index in [0.717, 1.165) is 30.8 Å². The number of nitrogens with one attached hydrogen (secondary N) is 1. The number of hydrogen-bond donors (Lipinski definition) is 1. The van der Waals surface area contributed by atoms with E-state index in [2.05, 4.69) is 14.3 Å². The number of aryl methyl sites for hydroxylation is 1. The maximum atomic E-state index is 12.3. The Hall–Kier alpha value is -1.86. The largest absolute Gasteiger partial charge is 0.497 e. The number of methoxy groups -OCH3 is 1. The molecule has 7 heteroatoms. The van der Waals surface area contributed by atoms with Crippen LogP contribution in [0.2, 0.25) is 0 Å². The van der Waals surface area contributed by atoms with Gasteiger partial charge in [-0.3, -0.25) is 0 Å². The molecule has 0 radical (unpaired) electrons. The first-order valence-corrected chi connectivity index (χ1v) is 9.31. The lowest BCUT2D eigenvalue weighted by atomic mass is 9.98. The summed E-state index contributed by atoms with van der Waals surface area (Å²) in [5.74, 6) is 1.96. The van der Waals surface area contributed by atoms with Gasteiger partial charge < -0.3 is 9.30 Å². The van der Waals surface area contributed by atoms with Gasteiger partial charge >= 0.3 is 0 Å². The summed E-state index contributed by atoms with van der Waals surface area (Å²) in [5.41, 5.74) is 0.719. The number of ether oxygens (including phenoxy) is 1. The van der Waals surface area contributed by atoms with Crippen LogP contribution in [0.3, 0.4) is 0 Å². The van der Waals surface area contributed by atoms with Crippen LogP contribution in [0.4, 0.5) is 0 Å². The Morgan fingerprint density at radius 1 is 1.43 bits per heavy atom. The van der Waals surface area contributed by atoms with Gasteiger partial charge in [-0.05, 0) is 30.0 Å². The molecule has 0 amide bonds. The van der Waals surface area contributed by atoms with E-state index in [4.69, 9.17) is 4.74 Å². The normalized spacial score (nSPS) is 17.7. The first-order chi connectivity index (χ1) is 11.1. The Morgan fingerprint density at radius 3 is 3.13 bits per heavy atom. The number of hydrogen-bond acceptors (Lipinski definition) is 4. The SMILES string of the molecule is COc1cccc(CS(=O)(=O)NCC2CCn3ccnc3C2)c1. The zero-order valence-electron chi connectivity index (χ0n) is 13.1. The number of imidazole rings is 1. The Balaban J connectivity index is 1.57. The predicted octanol–water partition coefficient (Wildman–Crippen LogP) is 1.57. The number of benzene rings is 1. The predicted molar refractivity (Wildman–Crippen MR) is 87.7 cm³/mol. The Bertz CT molecular complexity index is 770. The molecular weight excluding hydrogens is 314 g/mol. The highest BCUT2D eigenvalue weighted by Gasteiger charge is 2.21. The smallest absolute Gasteiger partial charge is 0.215 e. The summed E-state index contributed by atoms with van der Waals surface area (Å²) in [6, 6.07) is 7.13. The van der Waals surface area contributed by atoms with Gasteiger partial charge in [0.25, 0.3) is 0 Å². The summed E-state index contributed by atoms with van der Waals surface area (Å²) in [4.78, 5) is 4.31. The minimum absolute atomic E-state index is 0.0362. The van der Waals surface area contributed by atoms with Crippen LogP contribution in [0.15, 0.2) is 36.7 Å². The van der Waals surface area contributed by atoms with Crippen molar-refractivity contribution in [1.29, 1.82) is 0 Å². The van der Waals surface area contributed by atoms with E-state index in [1.54, 1.807) is 37.6 Å². The van der Waals surface area contributed by atoms with E-state index in [1.807, 2.05) is 6.20 Å². The van der Waals surface area contributed by atoms with Gasteiger partial charge in [0.15, 0.2) is 0 Å². The third kappa shape index (κ3) is 4.11. The van der Waals surface area contributed by atoms with Crippen LogP contribution in [0.25, 0.3) is 0 Å². The second kappa shape index (κ2) is 6.72. The maximum Gasteiger partial charge on any atom is 0.215 e. The van der Waals surface area contributed by atoms with Gasteiger partial charge in [0, 0.05) is 31.9 Å². The summed E-state index contributed by atoms with van der Waals surface area (Å²) in [6.45, 7) is 1.36. The average Bonchev–Trinajstić information content (AvgIpc) is 3.00. The molecule has 0 spiro atoms. The minimum Gasteiger partial charge on any atom is -0.497 e. The molecule has 1 atom stereocenters. The zero-order chi connectivity index (χ0) is 16.3. The van der Waals surface area contributed by atoms with Crippen LogP contribution >= 0.6 is 0 Å². The zero-order valence-corrected chi connectivity index (χ0v) is 13.9. The van der Waals surface area contributed by atoms with Crippen LogP contribution < -0.4 is 9.46 Å². The van der Waals surface area contributed by atoms with E-state index in [0.29, 0.717) is 18.2 Å². The molecule has 23 heavy (non-hydrogen) atoms. The highest BCUT2D eigenvalue weighted by atomic mass is 32.2. The van der Waals surface area contributed by atoms with Crippen molar-refractivity contribution in [2.24, 2.45) is 5.92 Å². The molecule has 124 valence electrons. The van der Waals surface area contributed by atoms with Crippen LogP contribution in [0.1, 0.15) is 17.8 Å². The lowest BCUT2D eigenvalue weighted by Gasteiger charge is -2.23. The Kier molecular flexibility index (Phi) is 4.68.